The van der Waals surface area contributed by atoms with Crippen molar-refractivity contribution >= 4 is 11.6 Å². The number of rotatable bonds is 3. The second-order valence-corrected chi connectivity index (χ2v) is 3.04. The lowest BCUT2D eigenvalue weighted by Gasteiger charge is -2.08. The van der Waals surface area contributed by atoms with Crippen LogP contribution in [0, 0.1) is 11.3 Å². The molecule has 1 rings (SSSR count). The van der Waals surface area contributed by atoms with E-state index >= 15 is 0 Å². The van der Waals surface area contributed by atoms with Gasteiger partial charge in [-0.05, 0) is 5.56 Å². The summed E-state index contributed by atoms with van der Waals surface area (Å²) in [6.07, 6.45) is -2.85. The molecule has 0 saturated carbocycles. The summed E-state index contributed by atoms with van der Waals surface area (Å²) in [4.78, 5) is 3.52. The SMILES string of the molecule is COc1cc(CC#N)c(Cl)c(C(F)F)n1. The fraction of sp³-hybridized carbons (Fsp3) is 0.333. The van der Waals surface area contributed by atoms with Crippen LogP contribution in [0.4, 0.5) is 8.78 Å². The number of methoxy groups -OCH3 is 1. The highest BCUT2D eigenvalue weighted by atomic mass is 35.5. The van der Waals surface area contributed by atoms with E-state index in [0.717, 1.165) is 0 Å². The van der Waals surface area contributed by atoms with E-state index in [2.05, 4.69) is 4.98 Å². The summed E-state index contributed by atoms with van der Waals surface area (Å²) in [6.45, 7) is 0. The summed E-state index contributed by atoms with van der Waals surface area (Å²) < 4.78 is 29.7. The number of aromatic nitrogens is 1. The maximum atomic E-state index is 12.5. The number of halogens is 3. The fourth-order valence-corrected chi connectivity index (χ4v) is 1.29. The van der Waals surface area contributed by atoms with Crippen molar-refractivity contribution in [3.63, 3.8) is 0 Å². The second-order valence-electron chi connectivity index (χ2n) is 2.66. The van der Waals surface area contributed by atoms with E-state index in [1.807, 2.05) is 6.07 Å². The van der Waals surface area contributed by atoms with Crippen LogP contribution in [0.15, 0.2) is 6.07 Å². The van der Waals surface area contributed by atoms with Crippen molar-refractivity contribution < 1.29 is 13.5 Å². The third kappa shape index (κ3) is 2.54. The first-order valence-corrected chi connectivity index (χ1v) is 4.36. The molecule has 0 bridgehead atoms. The van der Waals surface area contributed by atoms with Crippen LogP contribution in [0.1, 0.15) is 17.7 Å². The molecule has 0 radical (unpaired) electrons. The smallest absolute Gasteiger partial charge is 0.281 e. The molecule has 0 aromatic carbocycles. The van der Waals surface area contributed by atoms with Gasteiger partial charge in [-0.25, -0.2) is 13.8 Å². The van der Waals surface area contributed by atoms with Gasteiger partial charge in [0, 0.05) is 6.07 Å². The fourth-order valence-electron chi connectivity index (χ4n) is 1.04. The van der Waals surface area contributed by atoms with Gasteiger partial charge in [-0.2, -0.15) is 5.26 Å². The first-order chi connectivity index (χ1) is 7.10. The molecule has 0 aliphatic heterocycles. The summed E-state index contributed by atoms with van der Waals surface area (Å²) in [7, 11) is 1.31. The third-order valence-corrected chi connectivity index (χ3v) is 2.16. The molecule has 1 aromatic heterocycles. The minimum absolute atomic E-state index is 0.0277. The Balaban J connectivity index is 3.28. The molecule has 1 heterocycles. The first-order valence-electron chi connectivity index (χ1n) is 3.98. The summed E-state index contributed by atoms with van der Waals surface area (Å²) in [5, 5.41) is 8.31. The van der Waals surface area contributed by atoms with E-state index in [-0.39, 0.29) is 17.3 Å². The van der Waals surface area contributed by atoms with Crippen LogP contribution in [0.25, 0.3) is 0 Å². The largest absolute Gasteiger partial charge is 0.481 e. The molecule has 3 nitrogen and oxygen atoms in total. The summed E-state index contributed by atoms with van der Waals surface area (Å²) >= 11 is 5.66. The Kier molecular flexibility index (Phi) is 3.81. The van der Waals surface area contributed by atoms with E-state index in [1.54, 1.807) is 0 Å². The number of hydrogen-bond donors (Lipinski definition) is 0. The van der Waals surface area contributed by atoms with Gasteiger partial charge in [0.05, 0.1) is 24.6 Å². The van der Waals surface area contributed by atoms with Gasteiger partial charge in [0.25, 0.3) is 6.43 Å². The molecule has 1 aromatic rings. The van der Waals surface area contributed by atoms with Crippen molar-refractivity contribution in [2.45, 2.75) is 12.8 Å². The molecular weight excluding hydrogens is 226 g/mol. The molecule has 0 atom stereocenters. The van der Waals surface area contributed by atoms with Gasteiger partial charge in [-0.1, -0.05) is 11.6 Å². The Bertz CT molecular complexity index is 404. The van der Waals surface area contributed by atoms with Crippen LogP contribution in [0.2, 0.25) is 5.02 Å². The van der Waals surface area contributed by atoms with Gasteiger partial charge in [0.15, 0.2) is 0 Å². The summed E-state index contributed by atoms with van der Waals surface area (Å²) in [5.74, 6) is 0.0277. The minimum atomic E-state index is -2.79. The number of ether oxygens (including phenoxy) is 1. The number of nitriles is 1. The molecule has 0 spiro atoms. The molecule has 0 unspecified atom stereocenters. The van der Waals surface area contributed by atoms with Crippen LogP contribution < -0.4 is 4.74 Å². The third-order valence-electron chi connectivity index (χ3n) is 1.72. The molecule has 0 fully saturated rings. The molecule has 0 saturated heterocycles. The highest BCUT2D eigenvalue weighted by molar-refractivity contribution is 6.32. The molecule has 0 amide bonds. The van der Waals surface area contributed by atoms with Gasteiger partial charge in [0.2, 0.25) is 5.88 Å². The lowest BCUT2D eigenvalue weighted by molar-refractivity contribution is 0.145. The molecule has 80 valence electrons. The zero-order chi connectivity index (χ0) is 11.4. The molecule has 15 heavy (non-hydrogen) atoms. The van der Waals surface area contributed by atoms with E-state index in [4.69, 9.17) is 21.6 Å². The predicted octanol–water partition coefficient (Wildman–Crippen LogP) is 2.75. The topological polar surface area (TPSA) is 45.9 Å². The average Bonchev–Trinajstić information content (AvgIpc) is 2.21. The monoisotopic (exact) mass is 232 g/mol. The van der Waals surface area contributed by atoms with Crippen LogP contribution in [-0.4, -0.2) is 12.1 Å². The Morgan fingerprint density at radius 1 is 1.67 bits per heavy atom. The highest BCUT2D eigenvalue weighted by Crippen LogP contribution is 2.30. The lowest BCUT2D eigenvalue weighted by atomic mass is 10.1. The Hall–Kier alpha value is -1.41. The van der Waals surface area contributed by atoms with Crippen LogP contribution >= 0.6 is 11.6 Å². The normalized spacial score (nSPS) is 10.1. The van der Waals surface area contributed by atoms with Crippen molar-refractivity contribution in [1.82, 2.24) is 4.98 Å². The summed E-state index contributed by atoms with van der Waals surface area (Å²) in [5.41, 5.74) is -0.261. The van der Waals surface area contributed by atoms with Crippen LogP contribution in [0.3, 0.4) is 0 Å². The Morgan fingerprint density at radius 3 is 2.80 bits per heavy atom. The molecule has 0 N–H and O–H groups in total. The predicted molar refractivity (Wildman–Crippen MR) is 50.1 cm³/mol. The maximum Gasteiger partial charge on any atom is 0.281 e. The second kappa shape index (κ2) is 4.89. The molecule has 0 aliphatic carbocycles. The minimum Gasteiger partial charge on any atom is -0.481 e. The van der Waals surface area contributed by atoms with Crippen molar-refractivity contribution in [3.05, 3.63) is 22.3 Å². The van der Waals surface area contributed by atoms with E-state index in [0.29, 0.717) is 5.56 Å². The molecular formula is C9H7ClF2N2O. The standard InChI is InChI=1S/C9H7ClF2N2O/c1-15-6-4-5(2-3-13)7(10)8(14-6)9(11)12/h4,9H,2H2,1H3. The zero-order valence-corrected chi connectivity index (χ0v) is 8.55. The van der Waals surface area contributed by atoms with E-state index in [1.165, 1.54) is 13.2 Å². The van der Waals surface area contributed by atoms with Crippen molar-refractivity contribution in [1.29, 1.82) is 5.26 Å². The zero-order valence-electron chi connectivity index (χ0n) is 7.80. The number of nitrogens with zero attached hydrogens (tertiary/aromatic N) is 2. The first kappa shape index (κ1) is 11.7. The van der Waals surface area contributed by atoms with Crippen molar-refractivity contribution in [3.8, 4) is 11.9 Å². The number of alkyl halides is 2. The number of pyridine rings is 1. The van der Waals surface area contributed by atoms with Crippen molar-refractivity contribution in [2.24, 2.45) is 0 Å². The molecule has 0 aliphatic rings. The number of hydrogen-bond acceptors (Lipinski definition) is 3. The van der Waals surface area contributed by atoms with Crippen LogP contribution in [0.5, 0.6) is 5.88 Å². The molecule has 6 heteroatoms. The van der Waals surface area contributed by atoms with Gasteiger partial charge in [0.1, 0.15) is 5.69 Å². The lowest BCUT2D eigenvalue weighted by Crippen LogP contribution is -1.99. The van der Waals surface area contributed by atoms with Gasteiger partial charge in [-0.3, -0.25) is 0 Å². The van der Waals surface area contributed by atoms with Crippen LogP contribution in [-0.2, 0) is 6.42 Å². The quantitative estimate of drug-likeness (QED) is 0.805. The summed E-state index contributed by atoms with van der Waals surface area (Å²) in [6, 6.07) is 3.20. The van der Waals surface area contributed by atoms with E-state index < -0.39 is 12.1 Å². The van der Waals surface area contributed by atoms with Crippen molar-refractivity contribution in [2.75, 3.05) is 7.11 Å². The van der Waals surface area contributed by atoms with E-state index in [9.17, 15) is 8.78 Å². The maximum absolute atomic E-state index is 12.5. The van der Waals surface area contributed by atoms with Gasteiger partial charge in [-0.15, -0.1) is 0 Å². The van der Waals surface area contributed by atoms with Gasteiger partial charge < -0.3 is 4.74 Å². The highest BCUT2D eigenvalue weighted by Gasteiger charge is 2.18. The van der Waals surface area contributed by atoms with Gasteiger partial charge >= 0.3 is 0 Å². The average molecular weight is 233 g/mol. The Labute approximate surface area is 90.3 Å². The Morgan fingerprint density at radius 2 is 2.33 bits per heavy atom.